The van der Waals surface area contributed by atoms with Crippen molar-refractivity contribution < 1.29 is 27.9 Å². The highest BCUT2D eigenvalue weighted by atomic mass is 19.4. The molecule has 2 aromatic carbocycles. The highest BCUT2D eigenvalue weighted by molar-refractivity contribution is 5.93. The number of nitrogens with one attached hydrogen (secondary N) is 1. The first-order valence-electron chi connectivity index (χ1n) is 10.7. The molecule has 0 fully saturated rings. The van der Waals surface area contributed by atoms with Crippen LogP contribution in [0.15, 0.2) is 66.9 Å². The van der Waals surface area contributed by atoms with E-state index >= 15 is 0 Å². The summed E-state index contributed by atoms with van der Waals surface area (Å²) in [6.07, 6.45) is -0.899. The molecular formula is C25H19F3N6O3. The number of aromatic nitrogens is 4. The number of carbonyl (C=O) groups is 2. The van der Waals surface area contributed by atoms with Crippen LogP contribution in [0.2, 0.25) is 0 Å². The van der Waals surface area contributed by atoms with E-state index in [9.17, 15) is 22.8 Å². The van der Waals surface area contributed by atoms with Gasteiger partial charge in [-0.25, -0.2) is 14.5 Å². The first-order valence-corrected chi connectivity index (χ1v) is 10.7. The molecule has 2 heterocycles. The standard InChI is InChI=1S/C25H19F3N6O3/c1-14-10-20(25(26,27)28)33-34(14)23-19(16-5-2-4-15(11-16)8-9-21(35)36)13-30-24(32-23)31-18-7-3-6-17(12-18)22(29)37/h2-13H,1H3,(H2,29,37)(H,35,36)(H,30,31,32)/b9-8+. The van der Waals surface area contributed by atoms with Crippen molar-refractivity contribution in [3.05, 3.63) is 89.4 Å². The van der Waals surface area contributed by atoms with Crippen LogP contribution in [-0.2, 0) is 11.0 Å². The molecule has 4 N–H and O–H groups in total. The average Bonchev–Trinajstić information content (AvgIpc) is 3.25. The molecule has 1 amide bonds. The SMILES string of the molecule is Cc1cc(C(F)(F)F)nn1-c1nc(Nc2cccc(C(N)=O)c2)ncc1-c1cccc(/C=C/C(=O)O)c1. The first kappa shape index (κ1) is 25.1. The molecule has 0 saturated carbocycles. The van der Waals surface area contributed by atoms with E-state index in [0.29, 0.717) is 22.4 Å². The van der Waals surface area contributed by atoms with Gasteiger partial charge >= 0.3 is 12.1 Å². The molecule has 12 heteroatoms. The van der Waals surface area contributed by atoms with Gasteiger partial charge in [-0.05, 0) is 54.5 Å². The second kappa shape index (κ2) is 9.93. The highest BCUT2D eigenvalue weighted by Gasteiger charge is 2.35. The molecule has 0 spiro atoms. The summed E-state index contributed by atoms with van der Waals surface area (Å²) in [5, 5.41) is 15.6. The Labute approximate surface area is 208 Å². The molecule has 4 aromatic rings. The number of carbonyl (C=O) groups excluding carboxylic acids is 1. The zero-order chi connectivity index (χ0) is 26.7. The van der Waals surface area contributed by atoms with Crippen molar-refractivity contribution >= 4 is 29.6 Å². The Kier molecular flexibility index (Phi) is 6.74. The minimum Gasteiger partial charge on any atom is -0.478 e. The molecule has 2 aromatic heterocycles. The Balaban J connectivity index is 1.84. The smallest absolute Gasteiger partial charge is 0.435 e. The molecule has 9 nitrogen and oxygen atoms in total. The molecule has 37 heavy (non-hydrogen) atoms. The van der Waals surface area contributed by atoms with Gasteiger partial charge in [-0.1, -0.05) is 24.3 Å². The molecular weight excluding hydrogens is 489 g/mol. The van der Waals surface area contributed by atoms with E-state index in [-0.39, 0.29) is 23.0 Å². The summed E-state index contributed by atoms with van der Waals surface area (Å²) in [6.45, 7) is 1.46. The number of primary amides is 1. The van der Waals surface area contributed by atoms with Crippen molar-refractivity contribution in [3.8, 4) is 16.9 Å². The molecule has 0 unspecified atom stereocenters. The lowest BCUT2D eigenvalue weighted by molar-refractivity contribution is -0.141. The van der Waals surface area contributed by atoms with E-state index in [1.807, 2.05) is 0 Å². The van der Waals surface area contributed by atoms with Crippen LogP contribution in [0.1, 0.15) is 27.3 Å². The molecule has 0 aliphatic heterocycles. The summed E-state index contributed by atoms with van der Waals surface area (Å²) in [4.78, 5) is 31.1. The van der Waals surface area contributed by atoms with Crippen LogP contribution in [0.5, 0.6) is 0 Å². The Morgan fingerprint density at radius 1 is 1.11 bits per heavy atom. The molecule has 0 saturated heterocycles. The van der Waals surface area contributed by atoms with Gasteiger partial charge in [-0.2, -0.15) is 23.3 Å². The van der Waals surface area contributed by atoms with Gasteiger partial charge in [0, 0.05) is 34.8 Å². The van der Waals surface area contributed by atoms with Gasteiger partial charge in [-0.15, -0.1) is 0 Å². The molecule has 0 aliphatic carbocycles. The lowest BCUT2D eigenvalue weighted by Crippen LogP contribution is -2.12. The van der Waals surface area contributed by atoms with Crippen LogP contribution in [0, 0.1) is 6.92 Å². The number of anilines is 2. The van der Waals surface area contributed by atoms with Gasteiger partial charge in [0.1, 0.15) is 0 Å². The Bertz CT molecular complexity index is 1530. The molecule has 0 aliphatic rings. The summed E-state index contributed by atoms with van der Waals surface area (Å²) < 4.78 is 41.2. The van der Waals surface area contributed by atoms with Gasteiger partial charge in [0.15, 0.2) is 11.5 Å². The van der Waals surface area contributed by atoms with Crippen molar-refractivity contribution in [1.82, 2.24) is 19.7 Å². The molecule has 4 rings (SSSR count). The van der Waals surface area contributed by atoms with Crippen molar-refractivity contribution in [1.29, 1.82) is 0 Å². The quantitative estimate of drug-likeness (QED) is 0.311. The third-order valence-electron chi connectivity index (χ3n) is 5.17. The summed E-state index contributed by atoms with van der Waals surface area (Å²) in [7, 11) is 0. The number of alkyl halides is 3. The predicted molar refractivity (Wildman–Crippen MR) is 129 cm³/mol. The van der Waals surface area contributed by atoms with Gasteiger partial charge < -0.3 is 16.2 Å². The van der Waals surface area contributed by atoms with E-state index in [1.165, 1.54) is 31.3 Å². The summed E-state index contributed by atoms with van der Waals surface area (Å²) in [5.74, 6) is -1.68. The zero-order valence-electron chi connectivity index (χ0n) is 19.2. The van der Waals surface area contributed by atoms with E-state index in [0.717, 1.165) is 16.8 Å². The number of halogens is 3. The van der Waals surface area contributed by atoms with Crippen LogP contribution < -0.4 is 11.1 Å². The van der Waals surface area contributed by atoms with Gasteiger partial charge in [0.2, 0.25) is 11.9 Å². The number of carboxylic acids is 1. The van der Waals surface area contributed by atoms with Crippen molar-refractivity contribution in [2.24, 2.45) is 5.73 Å². The first-order chi connectivity index (χ1) is 17.5. The summed E-state index contributed by atoms with van der Waals surface area (Å²) in [6, 6.07) is 13.8. The largest absolute Gasteiger partial charge is 0.478 e. The van der Waals surface area contributed by atoms with Crippen LogP contribution in [0.4, 0.5) is 24.8 Å². The number of amides is 1. The second-order valence-electron chi connectivity index (χ2n) is 7.88. The summed E-state index contributed by atoms with van der Waals surface area (Å²) >= 11 is 0. The van der Waals surface area contributed by atoms with E-state index in [1.54, 1.807) is 36.4 Å². The highest BCUT2D eigenvalue weighted by Crippen LogP contribution is 2.32. The fourth-order valence-electron chi connectivity index (χ4n) is 3.48. The number of carboxylic acid groups (broad SMARTS) is 1. The van der Waals surface area contributed by atoms with E-state index in [4.69, 9.17) is 10.8 Å². The number of nitrogens with two attached hydrogens (primary N) is 1. The van der Waals surface area contributed by atoms with E-state index < -0.39 is 23.7 Å². The number of aryl methyl sites for hydroxylation is 1. The maximum absolute atomic E-state index is 13.4. The number of benzene rings is 2. The third-order valence-corrected chi connectivity index (χ3v) is 5.17. The van der Waals surface area contributed by atoms with Gasteiger partial charge in [-0.3, -0.25) is 4.79 Å². The number of nitrogens with zero attached hydrogens (tertiary/aromatic N) is 4. The van der Waals surface area contributed by atoms with Crippen LogP contribution >= 0.6 is 0 Å². The van der Waals surface area contributed by atoms with Crippen molar-refractivity contribution in [3.63, 3.8) is 0 Å². The average molecular weight is 508 g/mol. The number of hydrogen-bond donors (Lipinski definition) is 3. The molecule has 0 bridgehead atoms. The molecule has 0 atom stereocenters. The van der Waals surface area contributed by atoms with Crippen LogP contribution in [0.25, 0.3) is 23.0 Å². The fraction of sp³-hybridized carbons (Fsp3) is 0.0800. The van der Waals surface area contributed by atoms with E-state index in [2.05, 4.69) is 20.4 Å². The maximum Gasteiger partial charge on any atom is 0.435 e. The minimum atomic E-state index is -4.67. The predicted octanol–water partition coefficient (Wildman–Crippen LogP) is 4.60. The zero-order valence-corrected chi connectivity index (χ0v) is 19.2. The monoisotopic (exact) mass is 508 g/mol. The van der Waals surface area contributed by atoms with Crippen LogP contribution in [-0.4, -0.2) is 36.7 Å². The second-order valence-corrected chi connectivity index (χ2v) is 7.88. The minimum absolute atomic E-state index is 0.0331. The maximum atomic E-state index is 13.4. The van der Waals surface area contributed by atoms with Crippen LogP contribution in [0.3, 0.4) is 0 Å². The number of aliphatic carboxylic acids is 1. The van der Waals surface area contributed by atoms with Crippen molar-refractivity contribution in [2.75, 3.05) is 5.32 Å². The Morgan fingerprint density at radius 3 is 2.54 bits per heavy atom. The molecule has 188 valence electrons. The van der Waals surface area contributed by atoms with Gasteiger partial charge in [0.25, 0.3) is 0 Å². The molecule has 0 radical (unpaired) electrons. The third kappa shape index (κ3) is 5.81. The number of hydrogen-bond acceptors (Lipinski definition) is 6. The van der Waals surface area contributed by atoms with Crippen molar-refractivity contribution in [2.45, 2.75) is 13.1 Å². The number of rotatable bonds is 7. The Hall–Kier alpha value is -5.00. The van der Waals surface area contributed by atoms with Gasteiger partial charge in [0.05, 0.1) is 0 Å². The Morgan fingerprint density at radius 2 is 1.86 bits per heavy atom. The lowest BCUT2D eigenvalue weighted by atomic mass is 10.0. The topological polar surface area (TPSA) is 136 Å². The fourth-order valence-corrected chi connectivity index (χ4v) is 3.48. The lowest BCUT2D eigenvalue weighted by Gasteiger charge is -2.13. The summed E-state index contributed by atoms with van der Waals surface area (Å²) in [5.41, 5.74) is 6.51. The normalized spacial score (nSPS) is 11.6.